The van der Waals surface area contributed by atoms with Crippen LogP contribution in [-0.4, -0.2) is 55.5 Å². The van der Waals surface area contributed by atoms with Crippen molar-refractivity contribution in [1.82, 2.24) is 9.80 Å². The normalized spacial score (nSPS) is 13.5. The van der Waals surface area contributed by atoms with Crippen LogP contribution < -0.4 is 0 Å². The highest BCUT2D eigenvalue weighted by Crippen LogP contribution is 2.37. The number of para-hydroxylation sites is 1. The molecule has 140 valence electrons. The average molecular weight is 375 g/mol. The first-order valence-corrected chi connectivity index (χ1v) is 9.03. The zero-order chi connectivity index (χ0) is 19.3. The summed E-state index contributed by atoms with van der Waals surface area (Å²) < 4.78 is 0. The van der Waals surface area contributed by atoms with E-state index in [-0.39, 0.29) is 11.7 Å². The molecule has 2 aromatic carbocycles. The molecule has 0 fully saturated rings. The molecular weight excluding hydrogens is 348 g/mol. The van der Waals surface area contributed by atoms with Gasteiger partial charge in [-0.1, -0.05) is 41.9 Å². The predicted octanol–water partition coefficient (Wildman–Crippen LogP) is 3.57. The van der Waals surface area contributed by atoms with E-state index in [2.05, 4.69) is 4.90 Å². The van der Waals surface area contributed by atoms with Crippen LogP contribution in [0.1, 0.15) is 17.5 Å². The first kappa shape index (κ1) is 20.3. The summed E-state index contributed by atoms with van der Waals surface area (Å²) in [6.07, 6.45) is 1.05. The van der Waals surface area contributed by atoms with Crippen LogP contribution in [0.25, 0.3) is 0 Å². The number of carbonyl (C=O) groups excluding carboxylic acids is 1. The Hall–Kier alpha value is -2.04. The van der Waals surface area contributed by atoms with Gasteiger partial charge in [-0.15, -0.1) is 0 Å². The molecule has 0 aliphatic heterocycles. The number of benzene rings is 2. The van der Waals surface area contributed by atoms with E-state index in [9.17, 15) is 9.90 Å². The van der Waals surface area contributed by atoms with Gasteiger partial charge < -0.3 is 14.9 Å². The molecule has 26 heavy (non-hydrogen) atoms. The summed E-state index contributed by atoms with van der Waals surface area (Å²) in [6, 6.07) is 14.7. The second-order valence-electron chi connectivity index (χ2n) is 7.15. The fraction of sp³-hybridized carbons (Fsp3) is 0.381. The monoisotopic (exact) mass is 374 g/mol. The second-order valence-corrected chi connectivity index (χ2v) is 7.58. The Bertz CT molecular complexity index is 744. The van der Waals surface area contributed by atoms with Crippen molar-refractivity contribution >= 4 is 17.5 Å². The van der Waals surface area contributed by atoms with Gasteiger partial charge in [0.2, 0.25) is 5.91 Å². The Morgan fingerprint density at radius 3 is 2.19 bits per heavy atom. The van der Waals surface area contributed by atoms with E-state index in [1.165, 1.54) is 0 Å². The van der Waals surface area contributed by atoms with Gasteiger partial charge in [-0.25, -0.2) is 0 Å². The molecule has 1 unspecified atom stereocenters. The molecule has 0 radical (unpaired) electrons. The van der Waals surface area contributed by atoms with E-state index in [1.54, 1.807) is 31.1 Å². The van der Waals surface area contributed by atoms with E-state index in [0.717, 1.165) is 17.7 Å². The van der Waals surface area contributed by atoms with Gasteiger partial charge in [0, 0.05) is 19.1 Å². The molecule has 0 heterocycles. The van der Waals surface area contributed by atoms with Crippen LogP contribution in [0.2, 0.25) is 5.02 Å². The lowest BCUT2D eigenvalue weighted by molar-refractivity contribution is -0.135. The Morgan fingerprint density at radius 1 is 1.04 bits per heavy atom. The van der Waals surface area contributed by atoms with Gasteiger partial charge in [-0.05, 0) is 62.8 Å². The van der Waals surface area contributed by atoms with Gasteiger partial charge in [0.05, 0.1) is 5.41 Å². The highest BCUT2D eigenvalue weighted by atomic mass is 35.5. The van der Waals surface area contributed by atoms with Gasteiger partial charge in [0.1, 0.15) is 5.75 Å². The minimum Gasteiger partial charge on any atom is -0.508 e. The van der Waals surface area contributed by atoms with Crippen molar-refractivity contribution in [3.8, 4) is 5.75 Å². The van der Waals surface area contributed by atoms with Gasteiger partial charge >= 0.3 is 0 Å². The summed E-state index contributed by atoms with van der Waals surface area (Å²) in [5.41, 5.74) is 0.888. The molecular formula is C21H27ClN2O2. The summed E-state index contributed by atoms with van der Waals surface area (Å²) in [6.45, 7) is 0.746. The largest absolute Gasteiger partial charge is 0.508 e. The number of hydrogen-bond acceptors (Lipinski definition) is 3. The summed E-state index contributed by atoms with van der Waals surface area (Å²) in [4.78, 5) is 17.1. The topological polar surface area (TPSA) is 43.8 Å². The summed E-state index contributed by atoms with van der Waals surface area (Å²) in [5, 5.41) is 10.9. The highest BCUT2D eigenvalue weighted by Gasteiger charge is 2.41. The SMILES string of the molecule is CN(C)CCC(Cc1ccccc1O)(C(=O)N(C)C)c1ccc(Cl)cc1. The van der Waals surface area contributed by atoms with Crippen LogP contribution in [0.3, 0.4) is 0 Å². The van der Waals surface area contributed by atoms with Crippen LogP contribution in [-0.2, 0) is 16.6 Å². The molecule has 0 aromatic heterocycles. The fourth-order valence-corrected chi connectivity index (χ4v) is 3.36. The Morgan fingerprint density at radius 2 is 1.65 bits per heavy atom. The number of carbonyl (C=O) groups is 1. The standard InChI is InChI=1S/C21H27ClN2O2/c1-23(2)14-13-21(20(26)24(3)4,17-9-11-18(22)12-10-17)15-16-7-5-6-8-19(16)25/h5-12,25H,13-15H2,1-4H3. The number of likely N-dealkylation sites (N-methyl/N-ethyl adjacent to an activating group) is 1. The molecule has 2 rings (SSSR count). The summed E-state index contributed by atoms with van der Waals surface area (Å²) >= 11 is 6.07. The van der Waals surface area contributed by atoms with Crippen LogP contribution in [0.4, 0.5) is 0 Å². The molecule has 2 aromatic rings. The molecule has 5 heteroatoms. The third-order valence-corrected chi connectivity index (χ3v) is 4.93. The lowest BCUT2D eigenvalue weighted by Crippen LogP contribution is -2.47. The van der Waals surface area contributed by atoms with Crippen LogP contribution in [0.15, 0.2) is 48.5 Å². The van der Waals surface area contributed by atoms with E-state index in [0.29, 0.717) is 17.9 Å². The number of rotatable bonds is 7. The molecule has 0 saturated carbocycles. The molecule has 0 aliphatic rings. The number of aromatic hydroxyl groups is 1. The van der Waals surface area contributed by atoms with Crippen molar-refractivity contribution in [1.29, 1.82) is 0 Å². The van der Waals surface area contributed by atoms with Crippen LogP contribution in [0, 0.1) is 0 Å². The highest BCUT2D eigenvalue weighted by molar-refractivity contribution is 6.30. The number of phenols is 1. The van der Waals surface area contributed by atoms with E-state index in [1.807, 2.05) is 50.5 Å². The third kappa shape index (κ3) is 4.57. The molecule has 4 nitrogen and oxygen atoms in total. The third-order valence-electron chi connectivity index (χ3n) is 4.68. The first-order valence-electron chi connectivity index (χ1n) is 8.65. The second kappa shape index (κ2) is 8.56. The van der Waals surface area contributed by atoms with Crippen molar-refractivity contribution in [3.63, 3.8) is 0 Å². The van der Waals surface area contributed by atoms with Crippen molar-refractivity contribution in [3.05, 3.63) is 64.7 Å². The number of hydrogen-bond donors (Lipinski definition) is 1. The smallest absolute Gasteiger partial charge is 0.233 e. The zero-order valence-electron chi connectivity index (χ0n) is 15.9. The van der Waals surface area contributed by atoms with Gasteiger partial charge in [0.25, 0.3) is 0 Å². The van der Waals surface area contributed by atoms with E-state index in [4.69, 9.17) is 11.6 Å². The van der Waals surface area contributed by atoms with Gasteiger partial charge in [-0.3, -0.25) is 4.79 Å². The molecule has 0 spiro atoms. The van der Waals surface area contributed by atoms with Gasteiger partial charge in [0.15, 0.2) is 0 Å². The Kier molecular flexibility index (Phi) is 6.68. The first-order chi connectivity index (χ1) is 12.3. The number of amides is 1. The summed E-state index contributed by atoms with van der Waals surface area (Å²) in [7, 11) is 7.53. The van der Waals surface area contributed by atoms with Crippen LogP contribution in [0.5, 0.6) is 5.75 Å². The molecule has 1 N–H and O–H groups in total. The average Bonchev–Trinajstić information content (AvgIpc) is 2.60. The quantitative estimate of drug-likeness (QED) is 0.805. The number of nitrogens with zero attached hydrogens (tertiary/aromatic N) is 2. The molecule has 0 saturated heterocycles. The minimum absolute atomic E-state index is 0.0184. The van der Waals surface area contributed by atoms with Gasteiger partial charge in [-0.2, -0.15) is 0 Å². The van der Waals surface area contributed by atoms with Crippen molar-refractivity contribution < 1.29 is 9.90 Å². The Labute approximate surface area is 161 Å². The van der Waals surface area contributed by atoms with Crippen molar-refractivity contribution in [2.75, 3.05) is 34.7 Å². The van der Waals surface area contributed by atoms with E-state index >= 15 is 0 Å². The lowest BCUT2D eigenvalue weighted by atomic mass is 9.71. The number of phenolic OH excluding ortho intramolecular Hbond substituents is 1. The maximum Gasteiger partial charge on any atom is 0.233 e. The maximum atomic E-state index is 13.4. The predicted molar refractivity (Wildman–Crippen MR) is 107 cm³/mol. The Balaban J connectivity index is 2.60. The fourth-order valence-electron chi connectivity index (χ4n) is 3.24. The summed E-state index contributed by atoms with van der Waals surface area (Å²) in [5.74, 6) is 0.229. The zero-order valence-corrected chi connectivity index (χ0v) is 16.6. The molecule has 1 amide bonds. The van der Waals surface area contributed by atoms with E-state index < -0.39 is 5.41 Å². The van der Waals surface area contributed by atoms with Crippen LogP contribution >= 0.6 is 11.6 Å². The molecule has 1 atom stereocenters. The molecule has 0 bridgehead atoms. The lowest BCUT2D eigenvalue weighted by Gasteiger charge is -2.36. The number of halogens is 1. The van der Waals surface area contributed by atoms with Crippen molar-refractivity contribution in [2.24, 2.45) is 0 Å². The maximum absolute atomic E-state index is 13.4. The minimum atomic E-state index is -0.781. The van der Waals surface area contributed by atoms with Crippen molar-refractivity contribution in [2.45, 2.75) is 18.3 Å². The molecule has 0 aliphatic carbocycles.